The van der Waals surface area contributed by atoms with Crippen molar-refractivity contribution in [1.29, 1.82) is 0 Å². The molecule has 0 bridgehead atoms. The minimum atomic E-state index is -0.0838. The van der Waals surface area contributed by atoms with Gasteiger partial charge in [-0.3, -0.25) is 9.59 Å². The van der Waals surface area contributed by atoms with E-state index in [1.54, 1.807) is 24.3 Å². The number of likely N-dealkylation sites (tertiary alicyclic amines) is 1. The number of hydrogen-bond donors (Lipinski definition) is 1. The Labute approximate surface area is 132 Å². The maximum atomic E-state index is 12.4. The van der Waals surface area contributed by atoms with E-state index in [2.05, 4.69) is 26.1 Å². The molecule has 1 N–H and O–H groups in total. The molecule has 0 saturated carbocycles. The highest BCUT2D eigenvalue weighted by molar-refractivity contribution is 5.97. The van der Waals surface area contributed by atoms with Gasteiger partial charge in [-0.2, -0.15) is 0 Å². The van der Waals surface area contributed by atoms with Crippen molar-refractivity contribution in [1.82, 2.24) is 10.2 Å². The minimum absolute atomic E-state index is 0.0704. The number of nitrogens with zero attached hydrogens (tertiary/aromatic N) is 1. The van der Waals surface area contributed by atoms with Gasteiger partial charge < -0.3 is 10.2 Å². The summed E-state index contributed by atoms with van der Waals surface area (Å²) in [7, 11) is 0. The van der Waals surface area contributed by atoms with Crippen LogP contribution in [0.3, 0.4) is 0 Å². The van der Waals surface area contributed by atoms with Gasteiger partial charge in [0.05, 0.1) is 0 Å². The van der Waals surface area contributed by atoms with Gasteiger partial charge in [-0.15, -0.1) is 0 Å². The Hall–Kier alpha value is -1.84. The first-order valence-corrected chi connectivity index (χ1v) is 8.15. The number of amides is 2. The van der Waals surface area contributed by atoms with Gasteiger partial charge >= 0.3 is 0 Å². The smallest absolute Gasteiger partial charge is 0.253 e. The third-order valence-electron chi connectivity index (χ3n) is 4.14. The molecule has 22 heavy (non-hydrogen) atoms. The lowest BCUT2D eigenvalue weighted by molar-refractivity contribution is 0.0696. The summed E-state index contributed by atoms with van der Waals surface area (Å²) in [6.45, 7) is 8.66. The Bertz CT molecular complexity index is 514. The highest BCUT2D eigenvalue weighted by atomic mass is 16.2. The van der Waals surface area contributed by atoms with Crippen LogP contribution in [0.2, 0.25) is 0 Å². The predicted octanol–water partition coefficient (Wildman–Crippen LogP) is 2.94. The lowest BCUT2D eigenvalue weighted by Crippen LogP contribution is -2.37. The van der Waals surface area contributed by atoms with Crippen LogP contribution in [0.15, 0.2) is 24.3 Å². The number of carbonyl (C=O) groups excluding carboxylic acids is 2. The Morgan fingerprint density at radius 1 is 1.14 bits per heavy atom. The van der Waals surface area contributed by atoms with E-state index in [0.717, 1.165) is 25.9 Å². The molecule has 1 fully saturated rings. The van der Waals surface area contributed by atoms with E-state index < -0.39 is 0 Å². The third-order valence-corrected chi connectivity index (χ3v) is 4.14. The van der Waals surface area contributed by atoms with E-state index in [9.17, 15) is 9.59 Å². The summed E-state index contributed by atoms with van der Waals surface area (Å²) in [5, 5.41) is 2.88. The zero-order chi connectivity index (χ0) is 16.1. The van der Waals surface area contributed by atoms with Crippen LogP contribution >= 0.6 is 0 Å². The summed E-state index contributed by atoms with van der Waals surface area (Å²) < 4.78 is 0. The van der Waals surface area contributed by atoms with Crippen molar-refractivity contribution in [3.05, 3.63) is 35.4 Å². The van der Waals surface area contributed by atoms with Crippen molar-refractivity contribution in [3.63, 3.8) is 0 Å². The van der Waals surface area contributed by atoms with Crippen LogP contribution < -0.4 is 5.32 Å². The van der Waals surface area contributed by atoms with Crippen LogP contribution in [0.4, 0.5) is 0 Å². The normalized spacial score (nSPS) is 15.9. The van der Waals surface area contributed by atoms with Crippen LogP contribution in [0.1, 0.15) is 54.3 Å². The highest BCUT2D eigenvalue weighted by Gasteiger charge is 2.21. The van der Waals surface area contributed by atoms with Crippen molar-refractivity contribution in [2.24, 2.45) is 11.8 Å². The van der Waals surface area contributed by atoms with Gasteiger partial charge in [0.2, 0.25) is 0 Å². The van der Waals surface area contributed by atoms with E-state index >= 15 is 0 Å². The van der Waals surface area contributed by atoms with E-state index in [0.29, 0.717) is 29.5 Å². The largest absolute Gasteiger partial charge is 0.352 e. The molecule has 120 valence electrons. The van der Waals surface area contributed by atoms with Gasteiger partial charge in [-0.25, -0.2) is 0 Å². The number of rotatable bonds is 4. The van der Waals surface area contributed by atoms with Crippen LogP contribution in [0.5, 0.6) is 0 Å². The van der Waals surface area contributed by atoms with Gasteiger partial charge in [0.25, 0.3) is 11.8 Å². The molecule has 0 aliphatic carbocycles. The van der Waals surface area contributed by atoms with E-state index in [1.807, 2.05) is 4.90 Å². The molecule has 0 unspecified atom stereocenters. The molecule has 1 aliphatic heterocycles. The second-order valence-electron chi connectivity index (χ2n) is 6.66. The lowest BCUT2D eigenvalue weighted by atomic mass is 9.98. The van der Waals surface area contributed by atoms with Gasteiger partial charge in [0, 0.05) is 30.8 Å². The number of benzene rings is 1. The third kappa shape index (κ3) is 4.33. The summed E-state index contributed by atoms with van der Waals surface area (Å²) in [5.74, 6) is 1.11. The topological polar surface area (TPSA) is 49.4 Å². The van der Waals surface area contributed by atoms with Crippen LogP contribution in [-0.2, 0) is 0 Å². The second kappa shape index (κ2) is 7.43. The first-order valence-electron chi connectivity index (χ1n) is 8.15. The number of carbonyl (C=O) groups is 2. The first-order chi connectivity index (χ1) is 10.5. The molecule has 0 atom stereocenters. The molecule has 1 saturated heterocycles. The van der Waals surface area contributed by atoms with Crippen molar-refractivity contribution < 1.29 is 9.59 Å². The van der Waals surface area contributed by atoms with Crippen LogP contribution in [0.25, 0.3) is 0 Å². The van der Waals surface area contributed by atoms with Crippen molar-refractivity contribution in [3.8, 4) is 0 Å². The van der Waals surface area contributed by atoms with E-state index in [1.165, 1.54) is 0 Å². The molecule has 1 aliphatic rings. The molecule has 4 nitrogen and oxygen atoms in total. The monoisotopic (exact) mass is 302 g/mol. The quantitative estimate of drug-likeness (QED) is 0.929. The Morgan fingerprint density at radius 2 is 1.68 bits per heavy atom. The summed E-state index contributed by atoms with van der Waals surface area (Å²) in [4.78, 5) is 26.3. The SMILES string of the molecule is CC(C)CNC(=O)c1ccc(C(=O)N2CCC(C)CC2)cc1. The average molecular weight is 302 g/mol. The van der Waals surface area contributed by atoms with Crippen molar-refractivity contribution in [2.45, 2.75) is 33.6 Å². The predicted molar refractivity (Wildman–Crippen MR) is 87.9 cm³/mol. The molecule has 2 amide bonds. The molecular formula is C18H26N2O2. The molecule has 0 aromatic heterocycles. The molecule has 0 spiro atoms. The maximum Gasteiger partial charge on any atom is 0.253 e. The van der Waals surface area contributed by atoms with Gasteiger partial charge in [-0.05, 0) is 48.9 Å². The number of piperidine rings is 1. The summed E-state index contributed by atoms with van der Waals surface area (Å²) in [6, 6.07) is 6.97. The second-order valence-corrected chi connectivity index (χ2v) is 6.66. The zero-order valence-electron chi connectivity index (χ0n) is 13.8. The Kier molecular flexibility index (Phi) is 5.58. The molecule has 4 heteroatoms. The van der Waals surface area contributed by atoms with Crippen LogP contribution in [-0.4, -0.2) is 36.3 Å². The van der Waals surface area contributed by atoms with Gasteiger partial charge in [0.1, 0.15) is 0 Å². The van der Waals surface area contributed by atoms with Crippen molar-refractivity contribution >= 4 is 11.8 Å². The highest BCUT2D eigenvalue weighted by Crippen LogP contribution is 2.18. The van der Waals surface area contributed by atoms with E-state index in [-0.39, 0.29) is 11.8 Å². The van der Waals surface area contributed by atoms with Crippen LogP contribution in [0, 0.1) is 11.8 Å². The Balaban J connectivity index is 1.96. The molecule has 1 aromatic rings. The average Bonchev–Trinajstić information content (AvgIpc) is 2.53. The van der Waals surface area contributed by atoms with Gasteiger partial charge in [0.15, 0.2) is 0 Å². The first kappa shape index (κ1) is 16.5. The number of hydrogen-bond acceptors (Lipinski definition) is 2. The molecule has 1 heterocycles. The standard InChI is InChI=1S/C18H26N2O2/c1-13(2)12-19-17(21)15-4-6-16(7-5-15)18(22)20-10-8-14(3)9-11-20/h4-7,13-14H,8-12H2,1-3H3,(H,19,21). The fourth-order valence-electron chi connectivity index (χ4n) is 2.56. The van der Waals surface area contributed by atoms with E-state index in [4.69, 9.17) is 0 Å². The fraction of sp³-hybridized carbons (Fsp3) is 0.556. The Morgan fingerprint density at radius 3 is 2.23 bits per heavy atom. The van der Waals surface area contributed by atoms with Crippen molar-refractivity contribution in [2.75, 3.05) is 19.6 Å². The molecule has 0 radical (unpaired) electrons. The molecule has 1 aromatic carbocycles. The number of nitrogens with one attached hydrogen (secondary N) is 1. The lowest BCUT2D eigenvalue weighted by Gasteiger charge is -2.30. The summed E-state index contributed by atoms with van der Waals surface area (Å²) in [5.41, 5.74) is 1.26. The minimum Gasteiger partial charge on any atom is -0.352 e. The fourth-order valence-corrected chi connectivity index (χ4v) is 2.56. The summed E-state index contributed by atoms with van der Waals surface area (Å²) in [6.07, 6.45) is 2.14. The van der Waals surface area contributed by atoms with Gasteiger partial charge in [-0.1, -0.05) is 20.8 Å². The zero-order valence-corrected chi connectivity index (χ0v) is 13.8. The maximum absolute atomic E-state index is 12.4. The molecular weight excluding hydrogens is 276 g/mol. The summed E-state index contributed by atoms with van der Waals surface area (Å²) >= 11 is 0. The molecule has 2 rings (SSSR count).